The number of aromatic nitrogens is 2. The highest BCUT2D eigenvalue weighted by Crippen LogP contribution is 2.26. The molecule has 0 aliphatic carbocycles. The van der Waals surface area contributed by atoms with Crippen molar-refractivity contribution in [1.29, 1.82) is 0 Å². The van der Waals surface area contributed by atoms with Gasteiger partial charge in [-0.1, -0.05) is 29.3 Å². The summed E-state index contributed by atoms with van der Waals surface area (Å²) in [6.45, 7) is 6.21. The van der Waals surface area contributed by atoms with E-state index in [2.05, 4.69) is 58.5 Å². The van der Waals surface area contributed by atoms with Crippen molar-refractivity contribution >= 4 is 15.9 Å². The van der Waals surface area contributed by atoms with Crippen LogP contribution in [0.5, 0.6) is 0 Å². The van der Waals surface area contributed by atoms with Gasteiger partial charge in [-0.15, -0.1) is 0 Å². The third-order valence-electron chi connectivity index (χ3n) is 3.51. The standard InChI is InChI=1S/C15H21BrN4/c1-9-5-10(2)7-12(6-9)13(18-17)8-14-15(16)11(3)19-20(14)4/h5-7,13,18H,8,17H2,1-4H3. The predicted molar refractivity (Wildman–Crippen MR) is 85.3 cm³/mol. The van der Waals surface area contributed by atoms with Gasteiger partial charge in [0.25, 0.3) is 0 Å². The fraction of sp³-hybridized carbons (Fsp3) is 0.400. The topological polar surface area (TPSA) is 55.9 Å². The van der Waals surface area contributed by atoms with E-state index in [4.69, 9.17) is 5.84 Å². The fourth-order valence-electron chi connectivity index (χ4n) is 2.58. The minimum atomic E-state index is 0.0692. The van der Waals surface area contributed by atoms with Crippen LogP contribution in [0.3, 0.4) is 0 Å². The maximum Gasteiger partial charge on any atom is 0.0738 e. The SMILES string of the molecule is Cc1cc(C)cc(C(Cc2c(Br)c(C)nn2C)NN)c1. The number of benzene rings is 1. The zero-order valence-electron chi connectivity index (χ0n) is 12.4. The third-order valence-corrected chi connectivity index (χ3v) is 4.54. The molecule has 3 N–H and O–H groups in total. The molecule has 0 spiro atoms. The van der Waals surface area contributed by atoms with Crippen molar-refractivity contribution in [3.8, 4) is 0 Å². The second-order valence-electron chi connectivity index (χ2n) is 5.31. The lowest BCUT2D eigenvalue weighted by molar-refractivity contribution is 0.528. The lowest BCUT2D eigenvalue weighted by atomic mass is 9.98. The van der Waals surface area contributed by atoms with Gasteiger partial charge in [-0.25, -0.2) is 0 Å². The average molecular weight is 337 g/mol. The summed E-state index contributed by atoms with van der Waals surface area (Å²) in [5, 5.41) is 4.43. The number of hydrazine groups is 1. The molecule has 1 aromatic carbocycles. The largest absolute Gasteiger partial charge is 0.271 e. The predicted octanol–water partition coefficient (Wildman–Crippen LogP) is 2.85. The van der Waals surface area contributed by atoms with Crippen LogP contribution in [0.15, 0.2) is 22.7 Å². The van der Waals surface area contributed by atoms with Crippen LogP contribution in [0.1, 0.15) is 34.1 Å². The van der Waals surface area contributed by atoms with E-state index in [9.17, 15) is 0 Å². The fourth-order valence-corrected chi connectivity index (χ4v) is 3.08. The van der Waals surface area contributed by atoms with Crippen molar-refractivity contribution in [3.63, 3.8) is 0 Å². The Hall–Kier alpha value is -1.17. The van der Waals surface area contributed by atoms with E-state index >= 15 is 0 Å². The Morgan fingerprint density at radius 2 is 1.85 bits per heavy atom. The van der Waals surface area contributed by atoms with Gasteiger partial charge in [0.05, 0.1) is 21.9 Å². The Kier molecular flexibility index (Phi) is 4.62. The van der Waals surface area contributed by atoms with Crippen LogP contribution in [-0.4, -0.2) is 9.78 Å². The molecule has 20 heavy (non-hydrogen) atoms. The summed E-state index contributed by atoms with van der Waals surface area (Å²) >= 11 is 3.61. The van der Waals surface area contributed by atoms with Gasteiger partial charge in [-0.05, 0) is 42.3 Å². The summed E-state index contributed by atoms with van der Waals surface area (Å²) in [5.41, 5.74) is 8.77. The molecule has 0 saturated carbocycles. The number of aryl methyl sites for hydroxylation is 4. The van der Waals surface area contributed by atoms with Gasteiger partial charge in [-0.2, -0.15) is 5.10 Å². The van der Waals surface area contributed by atoms with Gasteiger partial charge >= 0.3 is 0 Å². The van der Waals surface area contributed by atoms with Crippen molar-refractivity contribution in [2.45, 2.75) is 33.2 Å². The highest BCUT2D eigenvalue weighted by Gasteiger charge is 2.17. The maximum atomic E-state index is 5.76. The third kappa shape index (κ3) is 3.11. The first-order valence-corrected chi connectivity index (χ1v) is 7.44. The molecule has 0 aliphatic heterocycles. The summed E-state index contributed by atoms with van der Waals surface area (Å²) < 4.78 is 2.97. The van der Waals surface area contributed by atoms with Crippen molar-refractivity contribution in [2.24, 2.45) is 12.9 Å². The highest BCUT2D eigenvalue weighted by molar-refractivity contribution is 9.10. The zero-order valence-corrected chi connectivity index (χ0v) is 14.0. The van der Waals surface area contributed by atoms with Crippen molar-refractivity contribution in [2.75, 3.05) is 0 Å². The molecule has 108 valence electrons. The molecule has 0 amide bonds. The Labute approximate surface area is 128 Å². The number of nitrogens with one attached hydrogen (secondary N) is 1. The van der Waals surface area contributed by atoms with Gasteiger partial charge in [0.15, 0.2) is 0 Å². The summed E-state index contributed by atoms with van der Waals surface area (Å²) in [6.07, 6.45) is 0.789. The second-order valence-corrected chi connectivity index (χ2v) is 6.11. The molecular formula is C15H21BrN4. The molecule has 1 aromatic heterocycles. The minimum absolute atomic E-state index is 0.0692. The molecule has 2 rings (SSSR count). The van der Waals surface area contributed by atoms with Gasteiger partial charge in [0, 0.05) is 13.5 Å². The molecule has 4 nitrogen and oxygen atoms in total. The van der Waals surface area contributed by atoms with Gasteiger partial charge in [-0.3, -0.25) is 16.0 Å². The minimum Gasteiger partial charge on any atom is -0.271 e. The van der Waals surface area contributed by atoms with Gasteiger partial charge < -0.3 is 0 Å². The van der Waals surface area contributed by atoms with Crippen LogP contribution in [-0.2, 0) is 13.5 Å². The Morgan fingerprint density at radius 3 is 2.30 bits per heavy atom. The number of hydrogen-bond donors (Lipinski definition) is 2. The van der Waals surface area contributed by atoms with Crippen LogP contribution in [0.25, 0.3) is 0 Å². The lowest BCUT2D eigenvalue weighted by Crippen LogP contribution is -2.30. The van der Waals surface area contributed by atoms with Crippen LogP contribution >= 0.6 is 15.9 Å². The van der Waals surface area contributed by atoms with Crippen molar-refractivity contribution in [3.05, 3.63) is 50.8 Å². The van der Waals surface area contributed by atoms with E-state index in [1.807, 2.05) is 18.7 Å². The molecule has 0 aliphatic rings. The highest BCUT2D eigenvalue weighted by atomic mass is 79.9. The molecule has 1 heterocycles. The maximum absolute atomic E-state index is 5.76. The molecule has 0 fully saturated rings. The number of nitrogens with zero attached hydrogens (tertiary/aromatic N) is 2. The summed E-state index contributed by atoms with van der Waals surface area (Å²) in [6, 6.07) is 6.59. The van der Waals surface area contributed by atoms with Crippen LogP contribution in [0.2, 0.25) is 0 Å². The van der Waals surface area contributed by atoms with E-state index in [1.54, 1.807) is 0 Å². The average Bonchev–Trinajstić information content (AvgIpc) is 2.60. The Morgan fingerprint density at radius 1 is 1.25 bits per heavy atom. The normalized spacial score (nSPS) is 12.7. The van der Waals surface area contributed by atoms with E-state index in [-0.39, 0.29) is 6.04 Å². The van der Waals surface area contributed by atoms with Crippen molar-refractivity contribution < 1.29 is 0 Å². The van der Waals surface area contributed by atoms with Crippen LogP contribution < -0.4 is 11.3 Å². The summed E-state index contributed by atoms with van der Waals surface area (Å²) in [4.78, 5) is 0. The molecule has 0 radical (unpaired) electrons. The first-order valence-electron chi connectivity index (χ1n) is 6.64. The molecular weight excluding hydrogens is 316 g/mol. The summed E-state index contributed by atoms with van der Waals surface area (Å²) in [7, 11) is 1.96. The molecule has 5 heteroatoms. The smallest absolute Gasteiger partial charge is 0.0738 e. The Balaban J connectivity index is 2.33. The number of nitrogens with two attached hydrogens (primary N) is 1. The molecule has 1 atom stereocenters. The molecule has 1 unspecified atom stereocenters. The van der Waals surface area contributed by atoms with E-state index in [0.29, 0.717) is 0 Å². The van der Waals surface area contributed by atoms with Gasteiger partial charge in [0.1, 0.15) is 0 Å². The van der Waals surface area contributed by atoms with Crippen LogP contribution in [0, 0.1) is 20.8 Å². The van der Waals surface area contributed by atoms with E-state index in [0.717, 1.165) is 22.3 Å². The molecule has 0 saturated heterocycles. The van der Waals surface area contributed by atoms with E-state index < -0.39 is 0 Å². The quantitative estimate of drug-likeness (QED) is 0.666. The van der Waals surface area contributed by atoms with Crippen LogP contribution in [0.4, 0.5) is 0 Å². The zero-order chi connectivity index (χ0) is 14.9. The first-order chi connectivity index (χ1) is 9.42. The molecule has 0 bridgehead atoms. The number of halogens is 1. The number of rotatable bonds is 4. The summed E-state index contributed by atoms with van der Waals surface area (Å²) in [5.74, 6) is 5.76. The van der Waals surface area contributed by atoms with Crippen molar-refractivity contribution in [1.82, 2.24) is 15.2 Å². The van der Waals surface area contributed by atoms with Gasteiger partial charge in [0.2, 0.25) is 0 Å². The van der Waals surface area contributed by atoms with E-state index in [1.165, 1.54) is 16.7 Å². The second kappa shape index (κ2) is 6.08. The lowest BCUT2D eigenvalue weighted by Gasteiger charge is -2.18. The first kappa shape index (κ1) is 15.2. The number of hydrogen-bond acceptors (Lipinski definition) is 3. The Bertz CT molecular complexity index is 598. The molecule has 2 aromatic rings. The monoisotopic (exact) mass is 336 g/mol.